The molecule has 0 radical (unpaired) electrons. The number of nitrogens with zero attached hydrogens (tertiary/aromatic N) is 3. The number of anilines is 2. The van der Waals surface area contributed by atoms with Crippen LogP contribution in [0.1, 0.15) is 96.9 Å². The first-order valence-corrected chi connectivity index (χ1v) is 25.9. The molecule has 12 heteroatoms. The van der Waals surface area contributed by atoms with Gasteiger partial charge in [0, 0.05) is 35.7 Å². The second kappa shape index (κ2) is 19.9. The smallest absolute Gasteiger partial charge is 0.266 e. The van der Waals surface area contributed by atoms with Gasteiger partial charge in [-0.1, -0.05) is 94.4 Å². The molecule has 12 nitrogen and oxygen atoms in total. The predicted molar refractivity (Wildman–Crippen MR) is 302 cm³/mol. The molecule has 0 spiro atoms. The number of benzene rings is 9. The third kappa shape index (κ3) is 9.58. The van der Waals surface area contributed by atoms with Crippen LogP contribution in [0.2, 0.25) is 0 Å². The molecular formula is C67H53N3O9. The van der Waals surface area contributed by atoms with E-state index in [4.69, 9.17) is 23.7 Å². The third-order valence-electron chi connectivity index (χ3n) is 15.2. The van der Waals surface area contributed by atoms with E-state index in [1.165, 1.54) is 17.5 Å². The molecule has 3 aliphatic heterocycles. The van der Waals surface area contributed by atoms with Gasteiger partial charge in [0.2, 0.25) is 0 Å². The number of fused-ring (bicyclic) bond motifs is 3. The molecule has 0 N–H and O–H groups in total. The van der Waals surface area contributed by atoms with Crippen LogP contribution >= 0.6 is 0 Å². The van der Waals surface area contributed by atoms with Crippen molar-refractivity contribution in [1.82, 2.24) is 4.90 Å². The molecule has 0 saturated heterocycles. The maximum Gasteiger partial charge on any atom is 0.266 e. The van der Waals surface area contributed by atoms with E-state index in [-0.39, 0.29) is 28.2 Å². The van der Waals surface area contributed by atoms with Crippen molar-refractivity contribution in [3.63, 3.8) is 0 Å². The first kappa shape index (κ1) is 49.9. The third-order valence-corrected chi connectivity index (χ3v) is 15.2. The molecule has 0 fully saturated rings. The van der Waals surface area contributed by atoms with Crippen LogP contribution in [0.25, 0.3) is 0 Å². The quantitative estimate of drug-likeness (QED) is 0.0972. The lowest BCUT2D eigenvalue weighted by Crippen LogP contribution is -2.31. The number of rotatable bonds is 14. The molecule has 0 unspecified atom stereocenters. The van der Waals surface area contributed by atoms with Gasteiger partial charge >= 0.3 is 0 Å². The first-order chi connectivity index (χ1) is 38.2. The van der Waals surface area contributed by atoms with E-state index in [1.54, 1.807) is 60.7 Å². The summed E-state index contributed by atoms with van der Waals surface area (Å²) >= 11 is 0. The van der Waals surface area contributed by atoms with Gasteiger partial charge in [0.05, 0.1) is 27.9 Å². The van der Waals surface area contributed by atoms with Crippen LogP contribution in [0.3, 0.4) is 0 Å². The van der Waals surface area contributed by atoms with Gasteiger partial charge in [-0.3, -0.25) is 24.1 Å². The lowest BCUT2D eigenvalue weighted by molar-refractivity contribution is 0.0692. The van der Waals surface area contributed by atoms with Gasteiger partial charge in [0.25, 0.3) is 23.6 Å². The fourth-order valence-electron chi connectivity index (χ4n) is 10.3. The second-order valence-corrected chi connectivity index (χ2v) is 20.9. The van der Waals surface area contributed by atoms with E-state index in [9.17, 15) is 19.2 Å². The van der Waals surface area contributed by atoms with Crippen LogP contribution in [-0.2, 0) is 17.4 Å². The monoisotopic (exact) mass is 1040 g/mol. The average Bonchev–Trinajstić information content (AvgIpc) is 4.00. The molecule has 390 valence electrons. The van der Waals surface area contributed by atoms with E-state index < -0.39 is 11.8 Å². The fourth-order valence-corrected chi connectivity index (χ4v) is 10.3. The number of ether oxygens (including phenoxy) is 5. The molecule has 79 heavy (non-hydrogen) atoms. The Balaban J connectivity index is 0.635. The van der Waals surface area contributed by atoms with Gasteiger partial charge in [-0.05, 0) is 162 Å². The van der Waals surface area contributed by atoms with E-state index in [2.05, 4.69) is 75.1 Å². The van der Waals surface area contributed by atoms with Crippen molar-refractivity contribution >= 4 is 35.0 Å². The molecule has 0 aliphatic carbocycles. The topological polar surface area (TPSA) is 124 Å². The Morgan fingerprint density at radius 2 is 0.722 bits per heavy atom. The Morgan fingerprint density at radius 1 is 0.380 bits per heavy atom. The molecule has 9 aromatic carbocycles. The van der Waals surface area contributed by atoms with E-state index >= 15 is 0 Å². The Hall–Kier alpha value is -9.94. The molecule has 12 rings (SSSR count). The van der Waals surface area contributed by atoms with Gasteiger partial charge in [0.15, 0.2) is 6.73 Å². The van der Waals surface area contributed by atoms with E-state index in [1.807, 2.05) is 103 Å². The van der Waals surface area contributed by atoms with Gasteiger partial charge in [-0.15, -0.1) is 0 Å². The van der Waals surface area contributed by atoms with Crippen molar-refractivity contribution < 1.29 is 42.9 Å². The fraction of sp³-hybridized carbons (Fsp3) is 0.134. The summed E-state index contributed by atoms with van der Waals surface area (Å²) in [6.07, 6.45) is 0. The standard InChI is InChI=1S/C67H53N3O9/c1-66(2,43-10-22-49(23-11-43)76-53-30-18-47(19-31-53)69-40-42-8-6-7-9-61(42)75-41-69)44-12-24-50(25-13-44)77-54-32-20-48(21-33-54)70-64(73)58-37-35-56(39-60(58)65(70)74)79-52-28-16-46(17-29-52)67(3,4)45-14-26-51(27-15-45)78-55-34-36-57-59(38-55)63(72)68(5)62(57)71/h6-39H,40-41H2,1-5H3. The van der Waals surface area contributed by atoms with Crippen molar-refractivity contribution in [2.45, 2.75) is 45.1 Å². The van der Waals surface area contributed by atoms with Crippen LogP contribution in [-0.4, -0.2) is 42.3 Å². The van der Waals surface area contributed by atoms with Crippen molar-refractivity contribution in [2.75, 3.05) is 23.6 Å². The highest BCUT2D eigenvalue weighted by Gasteiger charge is 2.38. The zero-order valence-electron chi connectivity index (χ0n) is 44.1. The van der Waals surface area contributed by atoms with E-state index in [0.29, 0.717) is 63.6 Å². The van der Waals surface area contributed by atoms with Gasteiger partial charge in [0.1, 0.15) is 51.7 Å². The summed E-state index contributed by atoms with van der Waals surface area (Å²) in [5.41, 5.74) is 7.53. The summed E-state index contributed by atoms with van der Waals surface area (Å²) in [4.78, 5) is 56.7. The first-order valence-electron chi connectivity index (χ1n) is 25.9. The molecule has 0 saturated carbocycles. The zero-order chi connectivity index (χ0) is 54.6. The molecule has 0 aromatic heterocycles. The Kier molecular flexibility index (Phi) is 12.6. The summed E-state index contributed by atoms with van der Waals surface area (Å²) < 4.78 is 30.7. The minimum absolute atomic E-state index is 0.255. The zero-order valence-corrected chi connectivity index (χ0v) is 44.1. The number of amides is 4. The van der Waals surface area contributed by atoms with Crippen LogP contribution in [0.15, 0.2) is 206 Å². The lowest BCUT2D eigenvalue weighted by Gasteiger charge is -2.30. The number of hydrogen-bond donors (Lipinski definition) is 0. The number of hydrogen-bond acceptors (Lipinski definition) is 10. The second-order valence-electron chi connectivity index (χ2n) is 20.9. The number of para-hydroxylation sites is 1. The summed E-state index contributed by atoms with van der Waals surface area (Å²) in [5.74, 6) is 4.15. The largest absolute Gasteiger partial charge is 0.473 e. The summed E-state index contributed by atoms with van der Waals surface area (Å²) in [5, 5.41) is 0. The van der Waals surface area contributed by atoms with Gasteiger partial charge in [-0.25, -0.2) is 4.90 Å². The lowest BCUT2D eigenvalue weighted by atomic mass is 9.78. The number of imide groups is 2. The van der Waals surface area contributed by atoms with Crippen LogP contribution < -0.4 is 33.5 Å². The van der Waals surface area contributed by atoms with Crippen LogP contribution in [0, 0.1) is 0 Å². The molecular weight excluding hydrogens is 991 g/mol. The molecule has 0 atom stereocenters. The van der Waals surface area contributed by atoms with Crippen molar-refractivity contribution in [3.05, 3.63) is 256 Å². The van der Waals surface area contributed by atoms with Crippen LogP contribution in [0.4, 0.5) is 11.4 Å². The normalized spacial score (nSPS) is 13.9. The summed E-state index contributed by atoms with van der Waals surface area (Å²) in [6, 6.07) is 64.6. The molecule has 4 amide bonds. The molecule has 3 heterocycles. The Morgan fingerprint density at radius 3 is 1.18 bits per heavy atom. The highest BCUT2D eigenvalue weighted by atomic mass is 16.5. The molecule has 0 bridgehead atoms. The SMILES string of the molecule is CN1C(=O)c2ccc(Oc3ccc(C(C)(C)c4ccc(Oc5ccc6c(c5)C(=O)N(c5ccc(Oc7ccc(C(C)(C)c8ccc(Oc9ccc(N%10COc%11ccccc%11C%10)cc9)cc8)cc7)cc5)C6=O)cc4)cc3)cc2C1=O. The Bertz CT molecular complexity index is 3840. The van der Waals surface area contributed by atoms with Gasteiger partial charge in [-0.2, -0.15) is 0 Å². The van der Waals surface area contributed by atoms with Crippen molar-refractivity contribution in [3.8, 4) is 51.7 Å². The average molecular weight is 1040 g/mol. The minimum Gasteiger partial charge on any atom is -0.473 e. The number of carbonyl (C=O) groups is 4. The van der Waals surface area contributed by atoms with Crippen LogP contribution in [0.5, 0.6) is 51.7 Å². The maximum atomic E-state index is 13.8. The van der Waals surface area contributed by atoms with E-state index in [0.717, 1.165) is 56.6 Å². The summed E-state index contributed by atoms with van der Waals surface area (Å²) in [7, 11) is 1.47. The highest BCUT2D eigenvalue weighted by Crippen LogP contribution is 2.40. The Labute approximate surface area is 457 Å². The maximum absolute atomic E-state index is 13.8. The number of carbonyl (C=O) groups excluding carboxylic acids is 4. The van der Waals surface area contributed by atoms with Crippen molar-refractivity contribution in [2.24, 2.45) is 0 Å². The predicted octanol–water partition coefficient (Wildman–Crippen LogP) is 14.9. The summed E-state index contributed by atoms with van der Waals surface area (Å²) in [6.45, 7) is 9.90. The van der Waals surface area contributed by atoms with Gasteiger partial charge < -0.3 is 28.6 Å². The highest BCUT2D eigenvalue weighted by molar-refractivity contribution is 6.34. The molecule has 9 aromatic rings. The molecule has 3 aliphatic rings. The van der Waals surface area contributed by atoms with Crippen molar-refractivity contribution in [1.29, 1.82) is 0 Å². The minimum atomic E-state index is -0.443.